The van der Waals surface area contributed by atoms with E-state index in [4.69, 9.17) is 0 Å². The molecule has 2 saturated heterocycles. The fraction of sp³-hybridized carbons (Fsp3) is 0.923. The third-order valence-corrected chi connectivity index (χ3v) is 10.1. The molecule has 2 aliphatic heterocycles. The van der Waals surface area contributed by atoms with E-state index in [1.807, 2.05) is 0 Å². The summed E-state index contributed by atoms with van der Waals surface area (Å²) in [6, 6.07) is 0. The van der Waals surface area contributed by atoms with Crippen molar-refractivity contribution in [1.82, 2.24) is 0 Å². The lowest BCUT2D eigenvalue weighted by Crippen LogP contribution is -2.16. The molecular formula is C26H48O2S2. The predicted octanol–water partition coefficient (Wildman–Crippen LogP) is 7.23. The largest absolute Gasteiger partial charge is 0.396 e. The number of rotatable bonds is 14. The van der Waals surface area contributed by atoms with Crippen LogP contribution in [-0.4, -0.2) is 44.4 Å². The molecule has 2 N–H and O–H groups in total. The second-order valence-corrected chi connectivity index (χ2v) is 14.4. The van der Waals surface area contributed by atoms with Crippen LogP contribution < -0.4 is 0 Å². The van der Waals surface area contributed by atoms with Gasteiger partial charge in [0, 0.05) is 34.2 Å². The minimum absolute atomic E-state index is 0.0981. The smallest absolute Gasteiger partial charge is 0.0482 e. The molecule has 0 radical (unpaired) electrons. The summed E-state index contributed by atoms with van der Waals surface area (Å²) in [4.78, 5) is 0. The van der Waals surface area contributed by atoms with Gasteiger partial charge in [-0.2, -0.15) is 23.5 Å². The summed E-state index contributed by atoms with van der Waals surface area (Å²) >= 11 is 4.43. The predicted molar refractivity (Wildman–Crippen MR) is 137 cm³/mol. The molecule has 4 heteroatoms. The first-order valence-corrected chi connectivity index (χ1v) is 14.3. The van der Waals surface area contributed by atoms with E-state index >= 15 is 0 Å². The third-order valence-electron chi connectivity index (χ3n) is 6.94. The molecule has 2 rings (SSSR count). The van der Waals surface area contributed by atoms with Crippen molar-refractivity contribution >= 4 is 23.5 Å². The van der Waals surface area contributed by atoms with Gasteiger partial charge in [0.05, 0.1) is 0 Å². The van der Waals surface area contributed by atoms with Crippen molar-refractivity contribution < 1.29 is 10.2 Å². The highest BCUT2D eigenvalue weighted by Crippen LogP contribution is 2.40. The van der Waals surface area contributed by atoms with Gasteiger partial charge in [0.2, 0.25) is 0 Å². The van der Waals surface area contributed by atoms with E-state index in [9.17, 15) is 10.2 Å². The van der Waals surface area contributed by atoms with Crippen LogP contribution in [-0.2, 0) is 0 Å². The Morgan fingerprint density at radius 3 is 1.43 bits per heavy atom. The highest BCUT2D eigenvalue weighted by Gasteiger charge is 2.26. The molecule has 2 fully saturated rings. The van der Waals surface area contributed by atoms with Gasteiger partial charge in [-0.05, 0) is 62.2 Å². The Balaban J connectivity index is 1.55. The van der Waals surface area contributed by atoms with Crippen LogP contribution in [0, 0.1) is 10.8 Å². The van der Waals surface area contributed by atoms with Crippen molar-refractivity contribution in [2.75, 3.05) is 13.2 Å². The number of aliphatic hydroxyl groups is 2. The lowest BCUT2D eigenvalue weighted by Gasteiger charge is -2.21. The molecule has 2 nitrogen and oxygen atoms in total. The van der Waals surface area contributed by atoms with Gasteiger partial charge >= 0.3 is 0 Å². The van der Waals surface area contributed by atoms with Gasteiger partial charge in [-0.1, -0.05) is 65.5 Å². The van der Waals surface area contributed by atoms with E-state index in [0.29, 0.717) is 13.2 Å². The zero-order valence-electron chi connectivity index (χ0n) is 20.1. The number of thioether (sulfide) groups is 2. The maximum absolute atomic E-state index is 9.38. The molecule has 0 spiro atoms. The van der Waals surface area contributed by atoms with Gasteiger partial charge in [-0.25, -0.2) is 0 Å². The summed E-state index contributed by atoms with van der Waals surface area (Å²) in [6.45, 7) is 9.28. The van der Waals surface area contributed by atoms with E-state index < -0.39 is 0 Å². The van der Waals surface area contributed by atoms with Crippen LogP contribution in [0.4, 0.5) is 0 Å². The Bertz CT molecular complexity index is 459. The first-order chi connectivity index (χ1) is 14.2. The molecule has 4 unspecified atom stereocenters. The van der Waals surface area contributed by atoms with Crippen molar-refractivity contribution in [2.24, 2.45) is 10.8 Å². The molecule has 176 valence electrons. The van der Waals surface area contributed by atoms with Gasteiger partial charge in [0.25, 0.3) is 0 Å². The number of aliphatic hydroxyl groups excluding tert-OH is 2. The Labute approximate surface area is 195 Å². The molecule has 0 bridgehead atoms. The molecule has 0 aromatic carbocycles. The number of unbranched alkanes of at least 4 members (excludes halogenated alkanes) is 2. The van der Waals surface area contributed by atoms with Crippen molar-refractivity contribution in [3.8, 4) is 0 Å². The van der Waals surface area contributed by atoms with Crippen LogP contribution in [0.1, 0.15) is 105 Å². The summed E-state index contributed by atoms with van der Waals surface area (Å²) in [5.41, 5.74) is 0.196. The van der Waals surface area contributed by atoms with Gasteiger partial charge in [0.15, 0.2) is 0 Å². The average molecular weight is 457 g/mol. The van der Waals surface area contributed by atoms with Crippen molar-refractivity contribution in [3.63, 3.8) is 0 Å². The quantitative estimate of drug-likeness (QED) is 0.214. The topological polar surface area (TPSA) is 40.5 Å². The first kappa shape index (κ1) is 26.6. The average Bonchev–Trinajstić information content (AvgIpc) is 3.36. The molecule has 0 saturated carbocycles. The van der Waals surface area contributed by atoms with E-state index in [2.05, 4.69) is 63.4 Å². The van der Waals surface area contributed by atoms with E-state index in [0.717, 1.165) is 33.8 Å². The van der Waals surface area contributed by atoms with Gasteiger partial charge in [-0.15, -0.1) is 0 Å². The van der Waals surface area contributed by atoms with Crippen LogP contribution in [0.15, 0.2) is 12.2 Å². The van der Waals surface area contributed by atoms with Crippen molar-refractivity contribution in [2.45, 2.75) is 126 Å². The fourth-order valence-electron chi connectivity index (χ4n) is 4.53. The summed E-state index contributed by atoms with van der Waals surface area (Å²) in [5, 5.41) is 21.9. The Kier molecular flexibility index (Phi) is 11.7. The zero-order chi connectivity index (χ0) is 22.0. The van der Waals surface area contributed by atoms with Gasteiger partial charge in [0.1, 0.15) is 0 Å². The molecular weight excluding hydrogens is 408 g/mol. The van der Waals surface area contributed by atoms with Crippen LogP contribution in [0.25, 0.3) is 0 Å². The molecule has 0 amide bonds. The normalized spacial score (nSPS) is 28.1. The monoisotopic (exact) mass is 456 g/mol. The maximum Gasteiger partial charge on any atom is 0.0482 e. The van der Waals surface area contributed by atoms with Crippen molar-refractivity contribution in [1.29, 1.82) is 0 Å². The molecule has 4 atom stereocenters. The second kappa shape index (κ2) is 13.2. The van der Waals surface area contributed by atoms with Crippen LogP contribution in [0.5, 0.6) is 0 Å². The third kappa shape index (κ3) is 10.3. The summed E-state index contributed by atoms with van der Waals surface area (Å²) in [5.74, 6) is 0. The minimum atomic E-state index is 0.0981. The second-order valence-electron chi connectivity index (χ2n) is 11.3. The Hall–Kier alpha value is 0.360. The molecule has 0 aliphatic carbocycles. The van der Waals surface area contributed by atoms with E-state index in [1.54, 1.807) is 0 Å². The molecule has 2 aliphatic rings. The minimum Gasteiger partial charge on any atom is -0.396 e. The van der Waals surface area contributed by atoms with E-state index in [1.165, 1.54) is 64.2 Å². The standard InChI is InChI=1S/C26H48O2S2/c1-25(2,19-27)17-7-5-9-21-11-13-23(29-21)15-16-24-14-12-22(30-24)10-6-8-18-26(3,4)20-28/h15-16,21-24,27-28H,5-14,17-20H2,1-4H3/b16-15-. The summed E-state index contributed by atoms with van der Waals surface area (Å²) in [7, 11) is 0. The SMILES string of the molecule is CC(C)(CO)CCCCC1CCC(/C=C\C2CCC(CCCCC(C)(C)CO)S2)S1. The maximum atomic E-state index is 9.38. The van der Waals surface area contributed by atoms with E-state index in [-0.39, 0.29) is 10.8 Å². The number of hydrogen-bond acceptors (Lipinski definition) is 4. The molecule has 30 heavy (non-hydrogen) atoms. The fourth-order valence-corrected chi connectivity index (χ4v) is 7.58. The lowest BCUT2D eigenvalue weighted by atomic mass is 9.88. The molecule has 0 aromatic rings. The van der Waals surface area contributed by atoms with Gasteiger partial charge < -0.3 is 10.2 Å². The van der Waals surface area contributed by atoms with Crippen molar-refractivity contribution in [3.05, 3.63) is 12.2 Å². The van der Waals surface area contributed by atoms with Crippen LogP contribution in [0.2, 0.25) is 0 Å². The molecule has 0 aromatic heterocycles. The van der Waals surface area contributed by atoms with Crippen LogP contribution >= 0.6 is 23.5 Å². The Morgan fingerprint density at radius 2 is 1.07 bits per heavy atom. The Morgan fingerprint density at radius 1 is 0.667 bits per heavy atom. The first-order valence-electron chi connectivity index (χ1n) is 12.4. The zero-order valence-corrected chi connectivity index (χ0v) is 21.7. The highest BCUT2D eigenvalue weighted by atomic mass is 32.2. The van der Waals surface area contributed by atoms with Gasteiger partial charge in [-0.3, -0.25) is 0 Å². The molecule has 2 heterocycles. The highest BCUT2D eigenvalue weighted by molar-refractivity contribution is 8.01. The summed E-state index contributed by atoms with van der Waals surface area (Å²) in [6.07, 6.45) is 20.7. The number of hydrogen-bond donors (Lipinski definition) is 2. The summed E-state index contributed by atoms with van der Waals surface area (Å²) < 4.78 is 0. The van der Waals surface area contributed by atoms with Crippen LogP contribution in [0.3, 0.4) is 0 Å². The lowest BCUT2D eigenvalue weighted by molar-refractivity contribution is 0.147.